The molecular weight excluding hydrogens is 252 g/mol. The zero-order valence-electron chi connectivity index (χ0n) is 11.8. The second-order valence-electron chi connectivity index (χ2n) is 5.64. The van der Waals surface area contributed by atoms with Crippen LogP contribution in [0.2, 0.25) is 0 Å². The second kappa shape index (κ2) is 4.57. The van der Waals surface area contributed by atoms with Gasteiger partial charge in [-0.1, -0.05) is 52.0 Å². The number of hydrogen-bond donors (Lipinski definition) is 0. The number of nitrogens with zero attached hydrogens (tertiary/aromatic N) is 2. The Morgan fingerprint density at radius 3 is 1.58 bits per heavy atom. The van der Waals surface area contributed by atoms with E-state index in [2.05, 4.69) is 60.7 Å². The fraction of sp³-hybridized carbons (Fsp3) is 0.375. The van der Waals surface area contributed by atoms with Crippen molar-refractivity contribution in [3.63, 3.8) is 0 Å². The predicted molar refractivity (Wildman–Crippen MR) is 83.1 cm³/mol. The molecule has 1 heterocycles. The van der Waals surface area contributed by atoms with Crippen LogP contribution in [0, 0.1) is 0 Å². The number of hydrogen-bond acceptors (Lipinski definition) is 3. The molecule has 0 amide bonds. The topological polar surface area (TPSA) is 25.8 Å². The summed E-state index contributed by atoms with van der Waals surface area (Å²) in [6.45, 7) is 8.93. The first-order chi connectivity index (χ1) is 9.11. The molecule has 1 aromatic heterocycles. The summed E-state index contributed by atoms with van der Waals surface area (Å²) >= 11 is 1.33. The van der Waals surface area contributed by atoms with E-state index < -0.39 is 0 Å². The first-order valence-corrected chi connectivity index (χ1v) is 7.51. The minimum atomic E-state index is 0.456. The van der Waals surface area contributed by atoms with E-state index in [9.17, 15) is 0 Å². The lowest BCUT2D eigenvalue weighted by molar-refractivity contribution is 0.870. The van der Waals surface area contributed by atoms with Gasteiger partial charge in [0.2, 0.25) is 0 Å². The van der Waals surface area contributed by atoms with Crippen molar-refractivity contribution in [1.29, 1.82) is 0 Å². The zero-order valence-corrected chi connectivity index (χ0v) is 12.6. The summed E-state index contributed by atoms with van der Waals surface area (Å²) in [5, 5.41) is 2.67. The summed E-state index contributed by atoms with van der Waals surface area (Å²) < 4.78 is 9.13. The molecule has 19 heavy (non-hydrogen) atoms. The van der Waals surface area contributed by atoms with Crippen molar-refractivity contribution in [1.82, 2.24) is 8.75 Å². The Bertz CT molecular complexity index is 679. The molecule has 0 bridgehead atoms. The van der Waals surface area contributed by atoms with Crippen LogP contribution in [0.4, 0.5) is 0 Å². The molecule has 98 valence electrons. The third kappa shape index (κ3) is 1.84. The summed E-state index contributed by atoms with van der Waals surface area (Å²) in [4.78, 5) is 0. The molecule has 0 aliphatic heterocycles. The standard InChI is InChI=1S/C16H18N2S/c1-9(2)13-11-7-5-6-8-12(11)14(10(3)4)16-15(13)17-19-18-16/h5-10H,1-4H3. The quantitative estimate of drug-likeness (QED) is 0.648. The van der Waals surface area contributed by atoms with Gasteiger partial charge in [-0.05, 0) is 33.7 Å². The van der Waals surface area contributed by atoms with Crippen molar-refractivity contribution in [3.05, 3.63) is 35.4 Å². The first-order valence-electron chi connectivity index (χ1n) is 6.78. The number of aromatic nitrogens is 2. The van der Waals surface area contributed by atoms with Gasteiger partial charge in [-0.15, -0.1) is 0 Å². The summed E-state index contributed by atoms with van der Waals surface area (Å²) in [6.07, 6.45) is 0. The van der Waals surface area contributed by atoms with Gasteiger partial charge in [-0.3, -0.25) is 0 Å². The van der Waals surface area contributed by atoms with Crippen LogP contribution in [0.15, 0.2) is 24.3 Å². The Kier molecular flexibility index (Phi) is 3.02. The largest absolute Gasteiger partial charge is 0.173 e. The van der Waals surface area contributed by atoms with E-state index in [0.29, 0.717) is 11.8 Å². The molecule has 0 N–H and O–H groups in total. The lowest BCUT2D eigenvalue weighted by Crippen LogP contribution is -1.98. The van der Waals surface area contributed by atoms with Crippen LogP contribution in [0.1, 0.15) is 50.7 Å². The molecule has 2 nitrogen and oxygen atoms in total. The molecule has 0 aliphatic rings. The first kappa shape index (κ1) is 12.5. The number of fused-ring (bicyclic) bond motifs is 2. The molecule has 3 aromatic rings. The van der Waals surface area contributed by atoms with Gasteiger partial charge in [0.1, 0.15) is 11.0 Å². The van der Waals surface area contributed by atoms with Gasteiger partial charge in [-0.25, -0.2) is 0 Å². The lowest BCUT2D eigenvalue weighted by atomic mass is 9.87. The van der Waals surface area contributed by atoms with Crippen molar-refractivity contribution < 1.29 is 0 Å². The highest BCUT2D eigenvalue weighted by Gasteiger charge is 2.20. The highest BCUT2D eigenvalue weighted by atomic mass is 32.1. The van der Waals surface area contributed by atoms with E-state index in [0.717, 1.165) is 11.0 Å². The number of rotatable bonds is 2. The summed E-state index contributed by atoms with van der Waals surface area (Å²) in [5.41, 5.74) is 4.87. The van der Waals surface area contributed by atoms with Gasteiger partial charge < -0.3 is 0 Å². The highest BCUT2D eigenvalue weighted by Crippen LogP contribution is 2.38. The van der Waals surface area contributed by atoms with E-state index in [-0.39, 0.29) is 0 Å². The Morgan fingerprint density at radius 2 is 1.21 bits per heavy atom. The fourth-order valence-electron chi connectivity index (χ4n) is 2.92. The molecule has 3 rings (SSSR count). The molecule has 0 unspecified atom stereocenters. The Morgan fingerprint density at radius 1 is 0.789 bits per heavy atom. The second-order valence-corrected chi connectivity index (χ2v) is 6.17. The van der Waals surface area contributed by atoms with Crippen molar-refractivity contribution in [2.75, 3.05) is 0 Å². The molecule has 0 radical (unpaired) electrons. The van der Waals surface area contributed by atoms with Crippen LogP contribution in [0.5, 0.6) is 0 Å². The average Bonchev–Trinajstić information content (AvgIpc) is 2.82. The minimum absolute atomic E-state index is 0.456. The van der Waals surface area contributed by atoms with Crippen LogP contribution >= 0.6 is 11.7 Å². The van der Waals surface area contributed by atoms with Gasteiger partial charge >= 0.3 is 0 Å². The van der Waals surface area contributed by atoms with Gasteiger partial charge in [-0.2, -0.15) is 8.75 Å². The lowest BCUT2D eigenvalue weighted by Gasteiger charge is -2.16. The Labute approximate surface area is 117 Å². The molecular formula is C16H18N2S. The average molecular weight is 270 g/mol. The fourth-order valence-corrected chi connectivity index (χ4v) is 3.49. The van der Waals surface area contributed by atoms with E-state index >= 15 is 0 Å². The molecule has 0 saturated carbocycles. The van der Waals surface area contributed by atoms with Crippen LogP contribution in [0.25, 0.3) is 21.8 Å². The number of benzene rings is 2. The molecule has 0 spiro atoms. The van der Waals surface area contributed by atoms with Crippen molar-refractivity contribution in [3.8, 4) is 0 Å². The maximum absolute atomic E-state index is 4.56. The maximum atomic E-state index is 4.56. The van der Waals surface area contributed by atoms with Gasteiger partial charge in [0.05, 0.1) is 11.7 Å². The summed E-state index contributed by atoms with van der Waals surface area (Å²) in [7, 11) is 0. The minimum Gasteiger partial charge on any atom is -0.173 e. The van der Waals surface area contributed by atoms with E-state index in [1.54, 1.807) is 0 Å². The Hall–Kier alpha value is -1.48. The van der Waals surface area contributed by atoms with E-state index in [1.807, 2.05) is 0 Å². The normalized spacial score (nSPS) is 12.1. The summed E-state index contributed by atoms with van der Waals surface area (Å²) in [5.74, 6) is 0.912. The van der Waals surface area contributed by atoms with E-state index in [1.165, 1.54) is 33.6 Å². The summed E-state index contributed by atoms with van der Waals surface area (Å²) in [6, 6.07) is 8.67. The maximum Gasteiger partial charge on any atom is 0.109 e. The van der Waals surface area contributed by atoms with Crippen LogP contribution < -0.4 is 0 Å². The smallest absolute Gasteiger partial charge is 0.109 e. The molecule has 0 atom stereocenters. The van der Waals surface area contributed by atoms with Gasteiger partial charge in [0, 0.05) is 0 Å². The van der Waals surface area contributed by atoms with Gasteiger partial charge in [0.25, 0.3) is 0 Å². The molecule has 0 aliphatic carbocycles. The van der Waals surface area contributed by atoms with Crippen molar-refractivity contribution >= 4 is 33.5 Å². The molecule has 0 saturated heterocycles. The van der Waals surface area contributed by atoms with Crippen molar-refractivity contribution in [2.45, 2.75) is 39.5 Å². The SMILES string of the molecule is CC(C)c1c2ccccc2c(C(C)C)c2nsnc12. The third-order valence-electron chi connectivity index (χ3n) is 3.66. The zero-order chi connectivity index (χ0) is 13.6. The highest BCUT2D eigenvalue weighted by molar-refractivity contribution is 7.00. The molecule has 0 fully saturated rings. The monoisotopic (exact) mass is 270 g/mol. The van der Waals surface area contributed by atoms with Gasteiger partial charge in [0.15, 0.2) is 0 Å². The molecule has 3 heteroatoms. The van der Waals surface area contributed by atoms with Crippen LogP contribution in [-0.2, 0) is 0 Å². The predicted octanol–water partition coefficient (Wildman–Crippen LogP) is 5.09. The molecule has 2 aromatic carbocycles. The van der Waals surface area contributed by atoms with Crippen LogP contribution in [-0.4, -0.2) is 8.75 Å². The van der Waals surface area contributed by atoms with Crippen molar-refractivity contribution in [2.24, 2.45) is 0 Å². The Balaban J connectivity index is 2.59. The third-order valence-corrected chi connectivity index (χ3v) is 4.19. The van der Waals surface area contributed by atoms with E-state index in [4.69, 9.17) is 0 Å². The van der Waals surface area contributed by atoms with Crippen LogP contribution in [0.3, 0.4) is 0 Å².